The zero-order valence-corrected chi connectivity index (χ0v) is 9.91. The molecule has 6 nitrogen and oxygen atoms in total. The normalized spacial score (nSPS) is 7.61. The van der Waals surface area contributed by atoms with E-state index in [0.29, 0.717) is 5.56 Å². The molecule has 0 heterocycles. The third-order valence-corrected chi connectivity index (χ3v) is 1.14. The summed E-state index contributed by atoms with van der Waals surface area (Å²) >= 11 is 0. The minimum absolute atomic E-state index is 0.0142. The molecule has 0 atom stereocenters. The van der Waals surface area contributed by atoms with Gasteiger partial charge in [-0.25, -0.2) is 0 Å². The Balaban J connectivity index is 0. The van der Waals surface area contributed by atoms with Crippen LogP contribution < -0.4 is 0 Å². The first kappa shape index (κ1) is 17.7. The van der Waals surface area contributed by atoms with E-state index in [2.05, 4.69) is 5.92 Å². The molecule has 0 unspecified atom stereocenters. The molecule has 0 aromatic heterocycles. The van der Waals surface area contributed by atoms with Crippen LogP contribution in [0.15, 0.2) is 18.2 Å². The number of phenolic OH excluding ortho intramolecular Hbond substituents is 2. The Morgan fingerprint density at radius 2 is 1.50 bits per heavy atom. The van der Waals surface area contributed by atoms with Gasteiger partial charge in [-0.3, -0.25) is 9.59 Å². The van der Waals surface area contributed by atoms with Gasteiger partial charge in [-0.1, -0.05) is 5.92 Å². The third-order valence-electron chi connectivity index (χ3n) is 1.14. The van der Waals surface area contributed by atoms with Crippen molar-refractivity contribution in [2.24, 2.45) is 0 Å². The maximum atomic E-state index is 9.00. The fourth-order valence-electron chi connectivity index (χ4n) is 0.640. The van der Waals surface area contributed by atoms with Crippen molar-refractivity contribution in [3.8, 4) is 23.8 Å². The van der Waals surface area contributed by atoms with Crippen LogP contribution >= 0.6 is 0 Å². The van der Waals surface area contributed by atoms with Crippen LogP contribution in [-0.2, 0) is 9.59 Å². The van der Waals surface area contributed by atoms with Gasteiger partial charge in [0.1, 0.15) is 11.5 Å². The molecule has 4 N–H and O–H groups in total. The Hall–Kier alpha value is -2.68. The number of hydrogen-bond donors (Lipinski definition) is 4. The molecule has 0 spiro atoms. The lowest BCUT2D eigenvalue weighted by Gasteiger charge is -1.95. The molecule has 0 fully saturated rings. The lowest BCUT2D eigenvalue weighted by molar-refractivity contribution is -0.135. The van der Waals surface area contributed by atoms with Crippen molar-refractivity contribution in [2.45, 2.75) is 13.8 Å². The van der Waals surface area contributed by atoms with Crippen molar-refractivity contribution < 1.29 is 30.0 Å². The molecule has 1 aromatic rings. The fourth-order valence-corrected chi connectivity index (χ4v) is 0.640. The van der Waals surface area contributed by atoms with E-state index in [4.69, 9.17) is 36.4 Å². The van der Waals surface area contributed by atoms with Gasteiger partial charge in [0.2, 0.25) is 0 Å². The van der Waals surface area contributed by atoms with Crippen molar-refractivity contribution in [3.63, 3.8) is 0 Å². The van der Waals surface area contributed by atoms with E-state index >= 15 is 0 Å². The monoisotopic (exact) mass is 254 g/mol. The quantitative estimate of drug-likeness (QED) is 0.409. The van der Waals surface area contributed by atoms with E-state index in [9.17, 15) is 0 Å². The number of rotatable bonds is 0. The number of aliphatic carboxylic acids is 2. The maximum absolute atomic E-state index is 9.00. The van der Waals surface area contributed by atoms with Crippen LogP contribution in [0.2, 0.25) is 0 Å². The van der Waals surface area contributed by atoms with E-state index < -0.39 is 11.9 Å². The Kier molecular flexibility index (Phi) is 9.38. The molecular weight excluding hydrogens is 240 g/mol. The summed E-state index contributed by atoms with van der Waals surface area (Å²) in [5, 5.41) is 32.7. The Morgan fingerprint density at radius 1 is 1.11 bits per heavy atom. The standard InChI is InChI=1S/C8H6O2.2C2H4O2/c1-2-6-5-7(9)3-4-8(6)10;2*1-2(3)4/h1,3-5,9-10H;2*1H3,(H,3,4). The van der Waals surface area contributed by atoms with Crippen molar-refractivity contribution in [2.75, 3.05) is 0 Å². The number of phenols is 2. The molecule has 0 amide bonds. The predicted molar refractivity (Wildman–Crippen MR) is 64.3 cm³/mol. The summed E-state index contributed by atoms with van der Waals surface area (Å²) < 4.78 is 0. The summed E-state index contributed by atoms with van der Waals surface area (Å²) in [5.41, 5.74) is 0.306. The van der Waals surface area contributed by atoms with Crippen LogP contribution in [0.4, 0.5) is 0 Å². The molecule has 0 saturated carbocycles. The van der Waals surface area contributed by atoms with Gasteiger partial charge < -0.3 is 20.4 Å². The molecule has 0 bridgehead atoms. The molecule has 6 heteroatoms. The van der Waals surface area contributed by atoms with E-state index in [1.165, 1.54) is 18.2 Å². The first-order valence-electron chi connectivity index (χ1n) is 4.58. The van der Waals surface area contributed by atoms with Gasteiger partial charge in [0.15, 0.2) is 0 Å². The highest BCUT2D eigenvalue weighted by atomic mass is 16.4. The topological polar surface area (TPSA) is 115 Å². The van der Waals surface area contributed by atoms with Crippen LogP contribution in [0.3, 0.4) is 0 Å². The van der Waals surface area contributed by atoms with E-state index in [1.807, 2.05) is 0 Å². The number of hydrogen-bond acceptors (Lipinski definition) is 4. The highest BCUT2D eigenvalue weighted by Gasteiger charge is 1.96. The highest BCUT2D eigenvalue weighted by molar-refractivity contribution is 5.63. The SMILES string of the molecule is C#Cc1cc(O)ccc1O.CC(=O)O.CC(=O)O. The Morgan fingerprint density at radius 3 is 1.78 bits per heavy atom. The average molecular weight is 254 g/mol. The first-order valence-corrected chi connectivity index (χ1v) is 4.58. The van der Waals surface area contributed by atoms with Crippen molar-refractivity contribution in [1.82, 2.24) is 0 Å². The molecule has 0 aliphatic carbocycles. The van der Waals surface area contributed by atoms with E-state index in [0.717, 1.165) is 13.8 Å². The summed E-state index contributed by atoms with van der Waals surface area (Å²) in [7, 11) is 0. The van der Waals surface area contributed by atoms with E-state index in [-0.39, 0.29) is 11.5 Å². The van der Waals surface area contributed by atoms with Gasteiger partial charge in [-0.05, 0) is 18.2 Å². The number of aromatic hydroxyl groups is 2. The zero-order valence-electron chi connectivity index (χ0n) is 9.91. The lowest BCUT2D eigenvalue weighted by atomic mass is 10.2. The summed E-state index contributed by atoms with van der Waals surface area (Å²) in [6.07, 6.45) is 5.00. The van der Waals surface area contributed by atoms with Gasteiger partial charge in [-0.2, -0.15) is 0 Å². The Bertz CT molecular complexity index is 424. The van der Waals surface area contributed by atoms with Crippen molar-refractivity contribution in [3.05, 3.63) is 23.8 Å². The zero-order chi connectivity index (χ0) is 14.7. The number of carboxylic acid groups (broad SMARTS) is 2. The second-order valence-electron chi connectivity index (χ2n) is 2.88. The second kappa shape index (κ2) is 9.54. The molecule has 0 saturated heterocycles. The minimum Gasteiger partial charge on any atom is -0.508 e. The summed E-state index contributed by atoms with van der Waals surface area (Å²) in [6.45, 7) is 2.17. The molecule has 98 valence electrons. The molecule has 0 aliphatic heterocycles. The molecular formula is C12H14O6. The number of carbonyl (C=O) groups is 2. The van der Waals surface area contributed by atoms with Gasteiger partial charge in [0.05, 0.1) is 5.56 Å². The van der Waals surface area contributed by atoms with Gasteiger partial charge >= 0.3 is 0 Å². The first-order chi connectivity index (χ1) is 8.20. The van der Waals surface area contributed by atoms with Crippen molar-refractivity contribution in [1.29, 1.82) is 0 Å². The summed E-state index contributed by atoms with van der Waals surface area (Å²) in [4.78, 5) is 18.0. The molecule has 1 rings (SSSR count). The van der Waals surface area contributed by atoms with Gasteiger partial charge in [-0.15, -0.1) is 6.42 Å². The highest BCUT2D eigenvalue weighted by Crippen LogP contribution is 2.20. The Labute approximate surface area is 104 Å². The average Bonchev–Trinajstić information content (AvgIpc) is 2.20. The molecule has 0 radical (unpaired) electrons. The number of benzene rings is 1. The minimum atomic E-state index is -0.833. The van der Waals surface area contributed by atoms with Gasteiger partial charge in [0, 0.05) is 13.8 Å². The van der Waals surface area contributed by atoms with Crippen LogP contribution in [0, 0.1) is 12.3 Å². The smallest absolute Gasteiger partial charge is 0.300 e. The van der Waals surface area contributed by atoms with E-state index in [1.54, 1.807) is 0 Å². The molecule has 1 aromatic carbocycles. The number of carboxylic acids is 2. The largest absolute Gasteiger partial charge is 0.508 e. The predicted octanol–water partition coefficient (Wildman–Crippen LogP) is 1.26. The van der Waals surface area contributed by atoms with Crippen LogP contribution in [-0.4, -0.2) is 32.4 Å². The fraction of sp³-hybridized carbons (Fsp3) is 0.167. The summed E-state index contributed by atoms with van der Waals surface area (Å²) in [5.74, 6) is 0.634. The van der Waals surface area contributed by atoms with Crippen LogP contribution in [0.25, 0.3) is 0 Å². The third kappa shape index (κ3) is 13.3. The second-order valence-corrected chi connectivity index (χ2v) is 2.88. The lowest BCUT2D eigenvalue weighted by Crippen LogP contribution is -1.78. The van der Waals surface area contributed by atoms with Crippen molar-refractivity contribution >= 4 is 11.9 Å². The summed E-state index contributed by atoms with van der Waals surface area (Å²) in [6, 6.07) is 4.05. The van der Waals surface area contributed by atoms with Crippen LogP contribution in [0.1, 0.15) is 19.4 Å². The molecule has 0 aliphatic rings. The molecule has 18 heavy (non-hydrogen) atoms. The maximum Gasteiger partial charge on any atom is 0.300 e. The van der Waals surface area contributed by atoms with Crippen LogP contribution in [0.5, 0.6) is 11.5 Å². The number of terminal acetylenes is 1. The van der Waals surface area contributed by atoms with Gasteiger partial charge in [0.25, 0.3) is 11.9 Å².